The molecule has 0 spiro atoms. The molecule has 1 aliphatic heterocycles. The molecule has 26 heavy (non-hydrogen) atoms. The number of carbonyl (C=O) groups excluding carboxylic acids is 1. The molecule has 132 valence electrons. The molecule has 0 radical (unpaired) electrons. The summed E-state index contributed by atoms with van der Waals surface area (Å²) in [6.07, 6.45) is 3.85. The quantitative estimate of drug-likeness (QED) is 0.783. The van der Waals surface area contributed by atoms with Crippen LogP contribution in [0.5, 0.6) is 0 Å². The average Bonchev–Trinajstić information content (AvgIpc) is 3.23. The SMILES string of the molecule is CC(NC(=O)c1cc(-c2ccccn2)nc2ccccc12)C1CCCO1. The van der Waals surface area contributed by atoms with Gasteiger partial charge < -0.3 is 10.1 Å². The number of hydrogen-bond donors (Lipinski definition) is 1. The van der Waals surface area contributed by atoms with E-state index in [4.69, 9.17) is 4.74 Å². The smallest absolute Gasteiger partial charge is 0.252 e. The van der Waals surface area contributed by atoms with Gasteiger partial charge in [0.25, 0.3) is 5.91 Å². The van der Waals surface area contributed by atoms with Crippen molar-refractivity contribution in [1.29, 1.82) is 0 Å². The van der Waals surface area contributed by atoms with Crippen LogP contribution in [0.4, 0.5) is 0 Å². The Morgan fingerprint density at radius 2 is 2.04 bits per heavy atom. The minimum Gasteiger partial charge on any atom is -0.376 e. The first-order valence-electron chi connectivity index (χ1n) is 8.96. The van der Waals surface area contributed by atoms with E-state index in [1.807, 2.05) is 55.5 Å². The molecule has 0 aliphatic carbocycles. The number of carbonyl (C=O) groups is 1. The number of amides is 1. The molecular formula is C21H21N3O2. The lowest BCUT2D eigenvalue weighted by molar-refractivity contribution is 0.0713. The number of rotatable bonds is 4. The molecule has 0 saturated carbocycles. The van der Waals surface area contributed by atoms with Crippen LogP contribution in [0.1, 0.15) is 30.1 Å². The van der Waals surface area contributed by atoms with Crippen LogP contribution in [0, 0.1) is 0 Å². The fourth-order valence-electron chi connectivity index (χ4n) is 3.38. The lowest BCUT2D eigenvalue weighted by Gasteiger charge is -2.20. The maximum absolute atomic E-state index is 13.0. The second-order valence-electron chi connectivity index (χ2n) is 6.60. The van der Waals surface area contributed by atoms with Gasteiger partial charge in [0.1, 0.15) is 0 Å². The number of ether oxygens (including phenoxy) is 1. The zero-order chi connectivity index (χ0) is 17.9. The van der Waals surface area contributed by atoms with Crippen LogP contribution in [0.25, 0.3) is 22.3 Å². The standard InChI is InChI=1S/C21H21N3O2/c1-14(20-10-6-12-26-20)23-21(25)16-13-19(18-9-4-5-11-22-18)24-17-8-3-2-7-15(16)17/h2-5,7-9,11,13-14,20H,6,10,12H2,1H3,(H,23,25). The molecule has 1 saturated heterocycles. The molecule has 0 bridgehead atoms. The number of nitrogens with zero attached hydrogens (tertiary/aromatic N) is 2. The Balaban J connectivity index is 1.71. The molecule has 2 unspecified atom stereocenters. The highest BCUT2D eigenvalue weighted by Gasteiger charge is 2.25. The van der Waals surface area contributed by atoms with Crippen LogP contribution >= 0.6 is 0 Å². The summed E-state index contributed by atoms with van der Waals surface area (Å²) in [5.74, 6) is -0.108. The van der Waals surface area contributed by atoms with E-state index in [1.54, 1.807) is 6.20 Å². The number of fused-ring (bicyclic) bond motifs is 1. The molecule has 1 N–H and O–H groups in total. The van der Waals surface area contributed by atoms with Gasteiger partial charge in [-0.1, -0.05) is 24.3 Å². The predicted octanol–water partition coefficient (Wildman–Crippen LogP) is 3.59. The molecule has 1 amide bonds. The summed E-state index contributed by atoms with van der Waals surface area (Å²) in [6.45, 7) is 2.77. The minimum absolute atomic E-state index is 0.0322. The van der Waals surface area contributed by atoms with Crippen molar-refractivity contribution < 1.29 is 9.53 Å². The van der Waals surface area contributed by atoms with Crippen molar-refractivity contribution in [2.45, 2.75) is 31.9 Å². The molecule has 5 nitrogen and oxygen atoms in total. The number of para-hydroxylation sites is 1. The van der Waals surface area contributed by atoms with Crippen molar-refractivity contribution in [3.8, 4) is 11.4 Å². The lowest BCUT2D eigenvalue weighted by Crippen LogP contribution is -2.40. The van der Waals surface area contributed by atoms with Gasteiger partial charge >= 0.3 is 0 Å². The van der Waals surface area contributed by atoms with Crippen LogP contribution in [0.15, 0.2) is 54.7 Å². The normalized spacial score (nSPS) is 18.0. The summed E-state index contributed by atoms with van der Waals surface area (Å²) in [5.41, 5.74) is 2.84. The first kappa shape index (κ1) is 16.7. The summed E-state index contributed by atoms with van der Waals surface area (Å²) in [7, 11) is 0. The van der Waals surface area contributed by atoms with E-state index < -0.39 is 0 Å². The topological polar surface area (TPSA) is 64.1 Å². The van der Waals surface area contributed by atoms with Crippen molar-refractivity contribution in [2.24, 2.45) is 0 Å². The Bertz CT molecular complexity index is 921. The molecule has 4 rings (SSSR count). The van der Waals surface area contributed by atoms with Gasteiger partial charge in [0.05, 0.1) is 34.6 Å². The number of pyridine rings is 2. The highest BCUT2D eigenvalue weighted by molar-refractivity contribution is 6.07. The van der Waals surface area contributed by atoms with Gasteiger partial charge in [0, 0.05) is 18.2 Å². The Morgan fingerprint density at radius 3 is 2.81 bits per heavy atom. The summed E-state index contributed by atoms with van der Waals surface area (Å²) >= 11 is 0. The first-order valence-corrected chi connectivity index (χ1v) is 8.96. The molecule has 5 heteroatoms. The van der Waals surface area contributed by atoms with Crippen LogP contribution in [0.3, 0.4) is 0 Å². The molecule has 3 heterocycles. The Hall–Kier alpha value is -2.79. The van der Waals surface area contributed by atoms with E-state index in [2.05, 4.69) is 15.3 Å². The maximum Gasteiger partial charge on any atom is 0.252 e. The zero-order valence-electron chi connectivity index (χ0n) is 14.7. The van der Waals surface area contributed by atoms with Crippen LogP contribution in [-0.4, -0.2) is 34.6 Å². The Morgan fingerprint density at radius 1 is 1.19 bits per heavy atom. The first-order chi connectivity index (χ1) is 12.7. The molecule has 1 aliphatic rings. The Labute approximate surface area is 152 Å². The van der Waals surface area contributed by atoms with E-state index in [0.29, 0.717) is 11.3 Å². The van der Waals surface area contributed by atoms with Crippen molar-refractivity contribution in [3.63, 3.8) is 0 Å². The third-order valence-corrected chi connectivity index (χ3v) is 4.77. The van der Waals surface area contributed by atoms with Crippen molar-refractivity contribution >= 4 is 16.8 Å². The summed E-state index contributed by atoms with van der Waals surface area (Å²) in [4.78, 5) is 22.0. The van der Waals surface area contributed by atoms with Gasteiger partial charge in [-0.05, 0) is 44.0 Å². The molecule has 2 atom stereocenters. The second-order valence-corrected chi connectivity index (χ2v) is 6.60. The van der Waals surface area contributed by atoms with Gasteiger partial charge in [0.2, 0.25) is 0 Å². The average molecular weight is 347 g/mol. The van der Waals surface area contributed by atoms with Gasteiger partial charge in [-0.25, -0.2) is 4.98 Å². The highest BCUT2D eigenvalue weighted by atomic mass is 16.5. The summed E-state index contributed by atoms with van der Waals surface area (Å²) in [5, 5.41) is 3.93. The van der Waals surface area contributed by atoms with E-state index in [-0.39, 0.29) is 18.1 Å². The molecule has 2 aromatic heterocycles. The third kappa shape index (κ3) is 3.30. The van der Waals surface area contributed by atoms with E-state index in [0.717, 1.165) is 36.0 Å². The monoisotopic (exact) mass is 347 g/mol. The molecule has 3 aromatic rings. The number of nitrogens with one attached hydrogen (secondary N) is 1. The summed E-state index contributed by atoms with van der Waals surface area (Å²) < 4.78 is 5.69. The number of aromatic nitrogens is 2. The number of benzene rings is 1. The van der Waals surface area contributed by atoms with Gasteiger partial charge in [-0.15, -0.1) is 0 Å². The molecule has 1 aromatic carbocycles. The van der Waals surface area contributed by atoms with E-state index in [9.17, 15) is 4.79 Å². The van der Waals surface area contributed by atoms with Gasteiger partial charge in [0.15, 0.2) is 0 Å². The fourth-order valence-corrected chi connectivity index (χ4v) is 3.38. The van der Waals surface area contributed by atoms with Crippen molar-refractivity contribution in [1.82, 2.24) is 15.3 Å². The number of hydrogen-bond acceptors (Lipinski definition) is 4. The predicted molar refractivity (Wildman–Crippen MR) is 101 cm³/mol. The molecule has 1 fully saturated rings. The van der Waals surface area contributed by atoms with Crippen LogP contribution < -0.4 is 5.32 Å². The molecular weight excluding hydrogens is 326 g/mol. The van der Waals surface area contributed by atoms with Crippen LogP contribution in [0.2, 0.25) is 0 Å². The lowest BCUT2D eigenvalue weighted by atomic mass is 10.0. The van der Waals surface area contributed by atoms with Crippen LogP contribution in [-0.2, 0) is 4.74 Å². The second kappa shape index (κ2) is 7.22. The zero-order valence-corrected chi connectivity index (χ0v) is 14.7. The maximum atomic E-state index is 13.0. The van der Waals surface area contributed by atoms with Gasteiger partial charge in [-0.3, -0.25) is 9.78 Å². The fraction of sp³-hybridized carbons (Fsp3) is 0.286. The largest absolute Gasteiger partial charge is 0.376 e. The van der Waals surface area contributed by atoms with Crippen molar-refractivity contribution in [3.05, 3.63) is 60.3 Å². The van der Waals surface area contributed by atoms with E-state index in [1.165, 1.54) is 0 Å². The Kier molecular flexibility index (Phi) is 4.63. The summed E-state index contributed by atoms with van der Waals surface area (Å²) in [6, 6.07) is 15.2. The highest BCUT2D eigenvalue weighted by Crippen LogP contribution is 2.24. The third-order valence-electron chi connectivity index (χ3n) is 4.77. The van der Waals surface area contributed by atoms with Crippen molar-refractivity contribution in [2.75, 3.05) is 6.61 Å². The minimum atomic E-state index is -0.108. The van der Waals surface area contributed by atoms with E-state index >= 15 is 0 Å². The van der Waals surface area contributed by atoms with Gasteiger partial charge in [-0.2, -0.15) is 0 Å².